The fraction of sp³-hybridized carbons (Fsp3) is 0.500. The maximum absolute atomic E-state index is 12.0. The minimum Gasteiger partial charge on any atom is -0.493 e. The van der Waals surface area contributed by atoms with Crippen molar-refractivity contribution in [2.75, 3.05) is 11.9 Å². The van der Waals surface area contributed by atoms with Crippen molar-refractivity contribution in [2.45, 2.75) is 33.6 Å². The van der Waals surface area contributed by atoms with Gasteiger partial charge in [0.25, 0.3) is 0 Å². The lowest BCUT2D eigenvalue weighted by Crippen LogP contribution is -2.29. The molecule has 0 bridgehead atoms. The van der Waals surface area contributed by atoms with Gasteiger partial charge in [-0.3, -0.25) is 4.79 Å². The second-order valence-corrected chi connectivity index (χ2v) is 5.11. The molecule has 1 aliphatic heterocycles. The Morgan fingerprint density at radius 1 is 1.47 bits per heavy atom. The summed E-state index contributed by atoms with van der Waals surface area (Å²) in [6.07, 6.45) is 1.75. The van der Waals surface area contributed by atoms with Gasteiger partial charge in [-0.05, 0) is 30.2 Å². The molecule has 2 rings (SSSR count). The highest BCUT2D eigenvalue weighted by Crippen LogP contribution is 2.29. The summed E-state index contributed by atoms with van der Waals surface area (Å²) in [5.41, 5.74) is 1.72. The van der Waals surface area contributed by atoms with Crippen LogP contribution in [0.5, 0.6) is 5.75 Å². The predicted molar refractivity (Wildman–Crippen MR) is 68.3 cm³/mol. The van der Waals surface area contributed by atoms with E-state index in [4.69, 9.17) is 4.74 Å². The molecular weight excluding hydrogens is 214 g/mol. The Labute approximate surface area is 102 Å². The normalized spacial score (nSPS) is 14.1. The van der Waals surface area contributed by atoms with Gasteiger partial charge in [-0.1, -0.05) is 20.8 Å². The average molecular weight is 233 g/mol. The lowest BCUT2D eigenvalue weighted by molar-refractivity contribution is -0.124. The number of amides is 1. The Balaban J connectivity index is 2.12. The smallest absolute Gasteiger partial charge is 0.230 e. The molecule has 3 heteroatoms. The highest BCUT2D eigenvalue weighted by atomic mass is 16.5. The molecule has 17 heavy (non-hydrogen) atoms. The second-order valence-electron chi connectivity index (χ2n) is 5.11. The van der Waals surface area contributed by atoms with Gasteiger partial charge < -0.3 is 10.1 Å². The summed E-state index contributed by atoms with van der Waals surface area (Å²) >= 11 is 0. The summed E-state index contributed by atoms with van der Waals surface area (Å²) in [6, 6.07) is 5.83. The van der Waals surface area contributed by atoms with Gasteiger partial charge in [0.05, 0.1) is 6.61 Å². The van der Waals surface area contributed by atoms with Crippen LogP contribution in [0.2, 0.25) is 0 Å². The zero-order chi connectivity index (χ0) is 12.5. The van der Waals surface area contributed by atoms with Crippen LogP contribution in [0.1, 0.15) is 32.8 Å². The van der Waals surface area contributed by atoms with Gasteiger partial charge in [-0.2, -0.15) is 0 Å². The van der Waals surface area contributed by atoms with Crippen molar-refractivity contribution in [2.24, 2.45) is 5.41 Å². The van der Waals surface area contributed by atoms with Crippen molar-refractivity contribution in [3.8, 4) is 5.75 Å². The molecule has 0 unspecified atom stereocenters. The monoisotopic (exact) mass is 233 g/mol. The maximum Gasteiger partial charge on any atom is 0.230 e. The lowest BCUT2D eigenvalue weighted by Gasteiger charge is -2.21. The fourth-order valence-corrected chi connectivity index (χ4v) is 1.73. The van der Waals surface area contributed by atoms with Crippen LogP contribution in [-0.4, -0.2) is 12.5 Å². The van der Waals surface area contributed by atoms with E-state index < -0.39 is 0 Å². The van der Waals surface area contributed by atoms with E-state index >= 15 is 0 Å². The number of carbonyl (C=O) groups is 1. The molecule has 1 amide bonds. The molecule has 0 radical (unpaired) electrons. The van der Waals surface area contributed by atoms with Crippen LogP contribution in [0, 0.1) is 5.41 Å². The molecule has 1 heterocycles. The van der Waals surface area contributed by atoms with Gasteiger partial charge in [-0.15, -0.1) is 0 Å². The van der Waals surface area contributed by atoms with Crippen molar-refractivity contribution >= 4 is 11.6 Å². The molecule has 0 saturated carbocycles. The first kappa shape index (κ1) is 12.0. The summed E-state index contributed by atoms with van der Waals surface area (Å²) in [4.78, 5) is 12.0. The highest BCUT2D eigenvalue weighted by Gasteiger charge is 2.25. The van der Waals surface area contributed by atoms with Crippen LogP contribution in [0.3, 0.4) is 0 Å². The second kappa shape index (κ2) is 4.40. The summed E-state index contributed by atoms with van der Waals surface area (Å²) < 4.78 is 5.43. The molecule has 0 saturated heterocycles. The van der Waals surface area contributed by atoms with E-state index in [0.29, 0.717) is 0 Å². The van der Waals surface area contributed by atoms with Crippen molar-refractivity contribution < 1.29 is 9.53 Å². The first-order valence-corrected chi connectivity index (χ1v) is 6.10. The van der Waals surface area contributed by atoms with E-state index in [2.05, 4.69) is 5.32 Å². The summed E-state index contributed by atoms with van der Waals surface area (Å²) in [6.45, 7) is 6.68. The quantitative estimate of drug-likeness (QED) is 0.871. The highest BCUT2D eigenvalue weighted by molar-refractivity contribution is 5.94. The Morgan fingerprint density at radius 3 is 2.94 bits per heavy atom. The third kappa shape index (κ3) is 2.43. The van der Waals surface area contributed by atoms with Crippen LogP contribution >= 0.6 is 0 Å². The Morgan fingerprint density at radius 2 is 2.24 bits per heavy atom. The molecule has 0 aromatic heterocycles. The van der Waals surface area contributed by atoms with Gasteiger partial charge >= 0.3 is 0 Å². The van der Waals surface area contributed by atoms with Crippen molar-refractivity contribution in [1.29, 1.82) is 0 Å². The minimum absolute atomic E-state index is 0.0684. The van der Waals surface area contributed by atoms with Gasteiger partial charge in [0.2, 0.25) is 5.91 Å². The molecule has 1 aromatic carbocycles. The molecule has 0 aliphatic carbocycles. The Hall–Kier alpha value is -1.51. The number of anilines is 1. The fourth-order valence-electron chi connectivity index (χ4n) is 1.73. The van der Waals surface area contributed by atoms with E-state index in [0.717, 1.165) is 30.9 Å². The molecule has 0 spiro atoms. The molecule has 1 aromatic rings. The van der Waals surface area contributed by atoms with E-state index in [1.54, 1.807) is 0 Å². The molecule has 1 aliphatic rings. The Bertz CT molecular complexity index is 438. The zero-order valence-electron chi connectivity index (χ0n) is 10.7. The summed E-state index contributed by atoms with van der Waals surface area (Å²) in [5, 5.41) is 2.97. The summed E-state index contributed by atoms with van der Waals surface area (Å²) in [7, 11) is 0. The lowest BCUT2D eigenvalue weighted by atomic mass is 9.89. The number of fused-ring (bicyclic) bond motifs is 1. The van der Waals surface area contributed by atoms with E-state index in [9.17, 15) is 4.79 Å². The number of carbonyl (C=O) groups excluding carboxylic acids is 1. The van der Waals surface area contributed by atoms with Crippen LogP contribution < -0.4 is 10.1 Å². The van der Waals surface area contributed by atoms with Gasteiger partial charge in [0, 0.05) is 17.5 Å². The largest absolute Gasteiger partial charge is 0.493 e. The molecule has 1 N–H and O–H groups in total. The van der Waals surface area contributed by atoms with Gasteiger partial charge in [0.15, 0.2) is 0 Å². The summed E-state index contributed by atoms with van der Waals surface area (Å²) in [5.74, 6) is 1.01. The standard InChI is InChI=1S/C14H19NO2/c1-4-14(2,3)13(16)15-11-5-6-12-10(9-11)7-8-17-12/h5-6,9H,4,7-8H2,1-3H3,(H,15,16). The first-order chi connectivity index (χ1) is 8.03. The molecule has 0 atom stereocenters. The van der Waals surface area contributed by atoms with Crippen LogP contribution in [-0.2, 0) is 11.2 Å². The zero-order valence-corrected chi connectivity index (χ0v) is 10.7. The maximum atomic E-state index is 12.0. The average Bonchev–Trinajstić information content (AvgIpc) is 2.76. The first-order valence-electron chi connectivity index (χ1n) is 6.10. The third-order valence-electron chi connectivity index (χ3n) is 3.45. The third-order valence-corrected chi connectivity index (χ3v) is 3.45. The Kier molecular flexibility index (Phi) is 3.09. The van der Waals surface area contributed by atoms with E-state index in [1.165, 1.54) is 5.56 Å². The van der Waals surface area contributed by atoms with Crippen molar-refractivity contribution in [3.63, 3.8) is 0 Å². The number of ether oxygens (including phenoxy) is 1. The molecule has 0 fully saturated rings. The van der Waals surface area contributed by atoms with Crippen LogP contribution in [0.25, 0.3) is 0 Å². The topological polar surface area (TPSA) is 38.3 Å². The van der Waals surface area contributed by atoms with Crippen molar-refractivity contribution in [3.05, 3.63) is 23.8 Å². The minimum atomic E-state index is -0.324. The number of hydrogen-bond acceptors (Lipinski definition) is 2. The number of rotatable bonds is 3. The van der Waals surface area contributed by atoms with Gasteiger partial charge in [-0.25, -0.2) is 0 Å². The van der Waals surface area contributed by atoms with Crippen LogP contribution in [0.15, 0.2) is 18.2 Å². The number of nitrogens with one attached hydrogen (secondary N) is 1. The predicted octanol–water partition coefficient (Wildman–Crippen LogP) is 3.00. The van der Waals surface area contributed by atoms with Crippen molar-refractivity contribution in [1.82, 2.24) is 0 Å². The molecule has 92 valence electrons. The van der Waals surface area contributed by atoms with Crippen LogP contribution in [0.4, 0.5) is 5.69 Å². The molecular formula is C14H19NO2. The van der Waals surface area contributed by atoms with E-state index in [1.807, 2.05) is 39.0 Å². The number of hydrogen-bond donors (Lipinski definition) is 1. The molecule has 3 nitrogen and oxygen atoms in total. The van der Waals surface area contributed by atoms with Gasteiger partial charge in [0.1, 0.15) is 5.75 Å². The van der Waals surface area contributed by atoms with E-state index in [-0.39, 0.29) is 11.3 Å². The number of benzene rings is 1. The SMILES string of the molecule is CCC(C)(C)C(=O)Nc1ccc2c(c1)CCO2.